The van der Waals surface area contributed by atoms with Gasteiger partial charge in [0.15, 0.2) is 0 Å². The van der Waals surface area contributed by atoms with Gasteiger partial charge in [-0.2, -0.15) is 0 Å². The second-order valence-electron chi connectivity index (χ2n) is 4.02. The summed E-state index contributed by atoms with van der Waals surface area (Å²) in [5, 5.41) is 1.99. The zero-order chi connectivity index (χ0) is 14.0. The summed E-state index contributed by atoms with van der Waals surface area (Å²) >= 11 is 6.33. The minimum atomic E-state index is -3.43. The van der Waals surface area contributed by atoms with E-state index in [1.165, 1.54) is 16.9 Å². The number of hydrogen-bond acceptors (Lipinski definition) is 4. The molecule has 0 saturated heterocycles. The summed E-state index contributed by atoms with van der Waals surface area (Å²) in [6.45, 7) is 4.24. The van der Waals surface area contributed by atoms with Gasteiger partial charge in [0, 0.05) is 16.3 Å². The zero-order valence-corrected chi connectivity index (χ0v) is 14.6. The van der Waals surface area contributed by atoms with E-state index in [4.69, 9.17) is 0 Å². The second kappa shape index (κ2) is 6.05. The summed E-state index contributed by atoms with van der Waals surface area (Å²) in [5.41, 5.74) is 1.20. The van der Waals surface area contributed by atoms with Gasteiger partial charge in [0.2, 0.25) is 10.0 Å². The lowest BCUT2D eigenvalue weighted by atomic mass is 10.2. The van der Waals surface area contributed by atoms with E-state index in [1.807, 2.05) is 18.4 Å². The molecule has 0 bridgehead atoms. The summed E-state index contributed by atoms with van der Waals surface area (Å²) in [6, 6.07) is 3.69. The highest BCUT2D eigenvalue weighted by Gasteiger charge is 2.19. The maximum Gasteiger partial charge on any atom is 0.242 e. The van der Waals surface area contributed by atoms with Gasteiger partial charge in [0.05, 0.1) is 8.68 Å². The molecule has 3 nitrogen and oxygen atoms in total. The highest BCUT2D eigenvalue weighted by molar-refractivity contribution is 9.11. The van der Waals surface area contributed by atoms with E-state index >= 15 is 0 Å². The molecular formula is C12H14BrNO2S3. The van der Waals surface area contributed by atoms with Crippen LogP contribution in [-0.4, -0.2) is 8.42 Å². The van der Waals surface area contributed by atoms with E-state index in [0.717, 1.165) is 20.0 Å². The molecule has 0 aliphatic heterocycles. The first-order chi connectivity index (χ1) is 8.94. The molecule has 7 heteroatoms. The summed E-state index contributed by atoms with van der Waals surface area (Å²) < 4.78 is 28.0. The average molecular weight is 380 g/mol. The molecule has 0 amide bonds. The Kier molecular flexibility index (Phi) is 4.84. The van der Waals surface area contributed by atoms with Crippen LogP contribution in [0.25, 0.3) is 0 Å². The largest absolute Gasteiger partial charge is 0.242 e. The molecule has 0 atom stereocenters. The molecule has 0 aliphatic carbocycles. The van der Waals surface area contributed by atoms with Gasteiger partial charge in [0.1, 0.15) is 0 Å². The van der Waals surface area contributed by atoms with E-state index in [2.05, 4.69) is 27.6 Å². The van der Waals surface area contributed by atoms with Gasteiger partial charge >= 0.3 is 0 Å². The van der Waals surface area contributed by atoms with Crippen LogP contribution >= 0.6 is 38.6 Å². The van der Waals surface area contributed by atoms with Crippen LogP contribution in [0.2, 0.25) is 0 Å². The molecule has 0 radical (unpaired) electrons. The number of thiophene rings is 2. The molecular weight excluding hydrogens is 366 g/mol. The third kappa shape index (κ3) is 3.46. The SMILES string of the molecule is CCc1ccsc1CNS(=O)(=O)c1cc(Br)sc1C. The van der Waals surface area contributed by atoms with Crippen molar-refractivity contribution in [2.45, 2.75) is 31.7 Å². The summed E-state index contributed by atoms with van der Waals surface area (Å²) in [6.07, 6.45) is 0.920. The third-order valence-corrected chi connectivity index (χ3v) is 6.95. The van der Waals surface area contributed by atoms with Gasteiger partial charge in [-0.05, 0) is 52.4 Å². The first-order valence-corrected chi connectivity index (χ1v) is 9.72. The van der Waals surface area contributed by atoms with E-state index in [1.54, 1.807) is 17.4 Å². The van der Waals surface area contributed by atoms with Gasteiger partial charge < -0.3 is 0 Å². The van der Waals surface area contributed by atoms with Gasteiger partial charge in [-0.1, -0.05) is 6.92 Å². The Balaban J connectivity index is 2.17. The smallest absolute Gasteiger partial charge is 0.207 e. The molecule has 1 N–H and O–H groups in total. The van der Waals surface area contributed by atoms with E-state index < -0.39 is 10.0 Å². The van der Waals surface area contributed by atoms with Crippen LogP contribution < -0.4 is 4.72 Å². The Bertz CT molecular complexity index is 673. The Morgan fingerprint density at radius 1 is 1.42 bits per heavy atom. The highest BCUT2D eigenvalue weighted by Crippen LogP contribution is 2.29. The lowest BCUT2D eigenvalue weighted by molar-refractivity contribution is 0.581. The number of hydrogen-bond donors (Lipinski definition) is 1. The lowest BCUT2D eigenvalue weighted by Gasteiger charge is -2.06. The highest BCUT2D eigenvalue weighted by atomic mass is 79.9. The summed E-state index contributed by atoms with van der Waals surface area (Å²) in [4.78, 5) is 2.23. The molecule has 2 heterocycles. The molecule has 19 heavy (non-hydrogen) atoms. The topological polar surface area (TPSA) is 46.2 Å². The summed E-state index contributed by atoms with van der Waals surface area (Å²) in [7, 11) is -3.43. The van der Waals surface area contributed by atoms with E-state index in [9.17, 15) is 8.42 Å². The monoisotopic (exact) mass is 379 g/mol. The first kappa shape index (κ1) is 15.2. The maximum absolute atomic E-state index is 12.2. The predicted octanol–water partition coefficient (Wildman–Crippen LogP) is 3.92. The van der Waals surface area contributed by atoms with Gasteiger partial charge in [-0.15, -0.1) is 22.7 Å². The number of rotatable bonds is 5. The lowest BCUT2D eigenvalue weighted by Crippen LogP contribution is -2.23. The molecule has 0 fully saturated rings. The van der Waals surface area contributed by atoms with Crippen molar-refractivity contribution >= 4 is 48.6 Å². The van der Waals surface area contributed by atoms with Crippen LogP contribution in [0.4, 0.5) is 0 Å². The second-order valence-corrected chi connectivity index (χ2v) is 9.39. The Morgan fingerprint density at radius 3 is 2.74 bits per heavy atom. The van der Waals surface area contributed by atoms with E-state index in [0.29, 0.717) is 11.4 Å². The van der Waals surface area contributed by atoms with Crippen molar-refractivity contribution in [3.63, 3.8) is 0 Å². The van der Waals surface area contributed by atoms with Crippen molar-refractivity contribution in [2.24, 2.45) is 0 Å². The standard InChI is InChI=1S/C12H14BrNO2S3/c1-3-9-4-5-17-10(9)7-14-19(15,16)11-6-12(13)18-8(11)2/h4-6,14H,3,7H2,1-2H3. The normalized spacial score (nSPS) is 11.9. The molecule has 2 aromatic rings. The van der Waals surface area contributed by atoms with Gasteiger partial charge in [0.25, 0.3) is 0 Å². The Morgan fingerprint density at radius 2 is 2.16 bits per heavy atom. The molecule has 2 aromatic heterocycles. The Labute approximate surface area is 129 Å². The van der Waals surface area contributed by atoms with Crippen molar-refractivity contribution in [3.05, 3.63) is 36.6 Å². The molecule has 0 aliphatic rings. The molecule has 0 saturated carbocycles. The Hall–Kier alpha value is -0.210. The first-order valence-electron chi connectivity index (χ1n) is 5.75. The molecule has 2 rings (SSSR count). The quantitative estimate of drug-likeness (QED) is 0.855. The number of halogens is 1. The van der Waals surface area contributed by atoms with Gasteiger partial charge in [-0.3, -0.25) is 0 Å². The van der Waals surface area contributed by atoms with Crippen LogP contribution in [0.3, 0.4) is 0 Å². The number of sulfonamides is 1. The minimum absolute atomic E-state index is 0.357. The van der Waals surface area contributed by atoms with E-state index in [-0.39, 0.29) is 0 Å². The number of aryl methyl sites for hydroxylation is 2. The van der Waals surface area contributed by atoms with Crippen LogP contribution in [0.1, 0.15) is 22.2 Å². The molecule has 0 aromatic carbocycles. The van der Waals surface area contributed by atoms with Crippen LogP contribution in [0.5, 0.6) is 0 Å². The third-order valence-electron chi connectivity index (χ3n) is 2.77. The average Bonchev–Trinajstić information content (AvgIpc) is 2.93. The fraction of sp³-hybridized carbons (Fsp3) is 0.333. The van der Waals surface area contributed by atoms with Crippen molar-refractivity contribution in [2.75, 3.05) is 0 Å². The van der Waals surface area contributed by atoms with Crippen LogP contribution in [-0.2, 0) is 23.0 Å². The fourth-order valence-electron chi connectivity index (χ4n) is 1.77. The van der Waals surface area contributed by atoms with Crippen LogP contribution in [0, 0.1) is 6.92 Å². The number of nitrogens with one attached hydrogen (secondary N) is 1. The minimum Gasteiger partial charge on any atom is -0.207 e. The molecule has 0 spiro atoms. The fourth-order valence-corrected chi connectivity index (χ4v) is 6.19. The van der Waals surface area contributed by atoms with Crippen molar-refractivity contribution in [1.29, 1.82) is 0 Å². The van der Waals surface area contributed by atoms with Crippen molar-refractivity contribution < 1.29 is 8.42 Å². The molecule has 0 unspecified atom stereocenters. The summed E-state index contributed by atoms with van der Waals surface area (Å²) in [5.74, 6) is 0. The molecule has 104 valence electrons. The van der Waals surface area contributed by atoms with Gasteiger partial charge in [-0.25, -0.2) is 13.1 Å². The van der Waals surface area contributed by atoms with Crippen molar-refractivity contribution in [3.8, 4) is 0 Å². The van der Waals surface area contributed by atoms with Crippen molar-refractivity contribution in [1.82, 2.24) is 4.72 Å². The predicted molar refractivity (Wildman–Crippen MR) is 84.5 cm³/mol. The van der Waals surface area contributed by atoms with Crippen LogP contribution in [0.15, 0.2) is 26.2 Å². The zero-order valence-electron chi connectivity index (χ0n) is 10.6. The maximum atomic E-state index is 12.2.